The number of nitrogens with one attached hydrogen (secondary N) is 1. The summed E-state index contributed by atoms with van der Waals surface area (Å²) in [6.07, 6.45) is -0.397. The second kappa shape index (κ2) is 9.68. The zero-order valence-corrected chi connectivity index (χ0v) is 19.3. The summed E-state index contributed by atoms with van der Waals surface area (Å²) in [6, 6.07) is 15.5. The number of hydrogen-bond acceptors (Lipinski definition) is 6. The monoisotopic (exact) mass is 482 g/mol. The molecule has 8 nitrogen and oxygen atoms in total. The van der Waals surface area contributed by atoms with Crippen LogP contribution in [0.4, 0.5) is 4.79 Å². The van der Waals surface area contributed by atoms with E-state index in [-0.39, 0.29) is 37.7 Å². The van der Waals surface area contributed by atoms with Crippen molar-refractivity contribution in [2.75, 3.05) is 31.4 Å². The van der Waals surface area contributed by atoms with E-state index in [9.17, 15) is 19.5 Å². The topological polar surface area (TPSA) is 105 Å². The average molecular weight is 483 g/mol. The van der Waals surface area contributed by atoms with Crippen molar-refractivity contribution in [2.24, 2.45) is 5.92 Å². The smallest absolute Gasteiger partial charge is 0.407 e. The van der Waals surface area contributed by atoms with Crippen molar-refractivity contribution >= 4 is 29.7 Å². The number of aliphatic carboxylic acids is 1. The Balaban J connectivity index is 1.11. The molecule has 2 fully saturated rings. The van der Waals surface area contributed by atoms with E-state index in [2.05, 4.69) is 29.6 Å². The van der Waals surface area contributed by atoms with Gasteiger partial charge >= 0.3 is 12.1 Å². The minimum Gasteiger partial charge on any atom is -0.480 e. The molecule has 2 aromatic rings. The van der Waals surface area contributed by atoms with Gasteiger partial charge in [0.05, 0.1) is 24.5 Å². The van der Waals surface area contributed by atoms with Crippen LogP contribution in [-0.4, -0.2) is 71.5 Å². The maximum atomic E-state index is 12.8. The van der Waals surface area contributed by atoms with Gasteiger partial charge in [-0.25, -0.2) is 9.59 Å². The Morgan fingerprint density at radius 2 is 1.76 bits per heavy atom. The van der Waals surface area contributed by atoms with Crippen LogP contribution in [0.15, 0.2) is 48.5 Å². The van der Waals surface area contributed by atoms with Gasteiger partial charge in [-0.15, -0.1) is 11.8 Å². The van der Waals surface area contributed by atoms with E-state index in [0.29, 0.717) is 18.1 Å². The zero-order valence-electron chi connectivity index (χ0n) is 18.5. The Kier molecular flexibility index (Phi) is 6.47. The Morgan fingerprint density at radius 3 is 2.44 bits per heavy atom. The first-order valence-electron chi connectivity index (χ1n) is 11.3. The number of carboxylic acids is 1. The van der Waals surface area contributed by atoms with Crippen molar-refractivity contribution < 1.29 is 29.0 Å². The van der Waals surface area contributed by atoms with E-state index in [0.717, 1.165) is 11.1 Å². The zero-order chi connectivity index (χ0) is 23.7. The summed E-state index contributed by atoms with van der Waals surface area (Å²) >= 11 is 1.44. The van der Waals surface area contributed by atoms with Crippen molar-refractivity contribution in [3.05, 3.63) is 59.7 Å². The molecular weight excluding hydrogens is 456 g/mol. The number of benzene rings is 2. The number of carbonyl (C=O) groups is 3. The number of nitrogens with zero attached hydrogens (tertiary/aromatic N) is 1. The van der Waals surface area contributed by atoms with Crippen LogP contribution < -0.4 is 5.32 Å². The summed E-state index contributed by atoms with van der Waals surface area (Å²) < 4.78 is 11.2. The van der Waals surface area contributed by atoms with Gasteiger partial charge in [-0.1, -0.05) is 48.5 Å². The molecule has 2 heterocycles. The number of carbonyl (C=O) groups excluding carboxylic acids is 2. The van der Waals surface area contributed by atoms with Crippen molar-refractivity contribution in [2.45, 2.75) is 24.5 Å². The van der Waals surface area contributed by atoms with Crippen molar-refractivity contribution in [1.82, 2.24) is 10.2 Å². The minimum atomic E-state index is -0.981. The van der Waals surface area contributed by atoms with Gasteiger partial charge in [-0.3, -0.25) is 4.79 Å². The number of alkyl carbamates (subject to hydrolysis) is 1. The van der Waals surface area contributed by atoms with Crippen LogP contribution in [0.3, 0.4) is 0 Å². The molecule has 2 aromatic carbocycles. The summed E-state index contributed by atoms with van der Waals surface area (Å²) in [5.41, 5.74) is 4.64. The van der Waals surface area contributed by atoms with Crippen LogP contribution >= 0.6 is 11.8 Å². The SMILES string of the molecule is O=C(NCC1CC(C(=O)N2CSCC2C(=O)O)CO1)OCC1c2ccccc2-c2ccccc21. The summed E-state index contributed by atoms with van der Waals surface area (Å²) in [6.45, 7) is 0.691. The van der Waals surface area contributed by atoms with Gasteiger partial charge in [-0.2, -0.15) is 0 Å². The van der Waals surface area contributed by atoms with E-state index in [1.54, 1.807) is 0 Å². The van der Waals surface area contributed by atoms with E-state index >= 15 is 0 Å². The molecule has 5 rings (SSSR count). The lowest BCUT2D eigenvalue weighted by molar-refractivity contribution is -0.149. The number of amides is 2. The van der Waals surface area contributed by atoms with E-state index in [4.69, 9.17) is 9.47 Å². The van der Waals surface area contributed by atoms with Gasteiger partial charge in [0.1, 0.15) is 12.6 Å². The fraction of sp³-hybridized carbons (Fsp3) is 0.400. The van der Waals surface area contributed by atoms with Gasteiger partial charge in [0.25, 0.3) is 0 Å². The lowest BCUT2D eigenvalue weighted by atomic mass is 9.98. The predicted molar refractivity (Wildman–Crippen MR) is 127 cm³/mol. The minimum absolute atomic E-state index is 0.0107. The summed E-state index contributed by atoms with van der Waals surface area (Å²) in [5, 5.41) is 12.1. The highest BCUT2D eigenvalue weighted by atomic mass is 32.2. The fourth-order valence-electron chi connectivity index (χ4n) is 4.97. The molecule has 3 aliphatic rings. The number of ether oxygens (including phenoxy) is 2. The van der Waals surface area contributed by atoms with Crippen LogP contribution in [0.5, 0.6) is 0 Å². The standard InChI is InChI=1S/C25H26N2O6S/c28-23(27-14-34-13-22(27)24(29)30)15-9-16(32-11-15)10-26-25(31)33-12-21-19-7-3-1-5-17(19)18-6-2-4-8-20(18)21/h1-8,15-16,21-22H,9-14H2,(H,26,31)(H,29,30). The van der Waals surface area contributed by atoms with Crippen LogP contribution in [-0.2, 0) is 19.1 Å². The molecule has 3 unspecified atom stereocenters. The molecule has 2 N–H and O–H groups in total. The van der Waals surface area contributed by atoms with Gasteiger partial charge in [0.2, 0.25) is 5.91 Å². The van der Waals surface area contributed by atoms with Gasteiger partial charge in [-0.05, 0) is 28.7 Å². The van der Waals surface area contributed by atoms with Crippen LogP contribution in [0.1, 0.15) is 23.5 Å². The number of carboxylic acid groups (broad SMARTS) is 1. The second-order valence-corrected chi connectivity index (χ2v) is 9.76. The number of thioether (sulfide) groups is 1. The van der Waals surface area contributed by atoms with Crippen molar-refractivity contribution in [3.8, 4) is 11.1 Å². The third-order valence-corrected chi connectivity index (χ3v) is 7.71. The normalized spacial score (nSPS) is 23.4. The van der Waals surface area contributed by atoms with E-state index in [1.807, 2.05) is 24.3 Å². The highest BCUT2D eigenvalue weighted by Crippen LogP contribution is 2.44. The average Bonchev–Trinajstić information content (AvgIpc) is 3.59. The van der Waals surface area contributed by atoms with Gasteiger partial charge < -0.3 is 24.8 Å². The molecule has 2 aliphatic heterocycles. The highest BCUT2D eigenvalue weighted by molar-refractivity contribution is 7.99. The van der Waals surface area contributed by atoms with E-state index in [1.165, 1.54) is 27.8 Å². The van der Waals surface area contributed by atoms with Crippen molar-refractivity contribution in [1.29, 1.82) is 0 Å². The molecule has 1 aliphatic carbocycles. The van der Waals surface area contributed by atoms with Crippen molar-refractivity contribution in [3.63, 3.8) is 0 Å². The first-order chi connectivity index (χ1) is 16.5. The van der Waals surface area contributed by atoms with Gasteiger partial charge in [0, 0.05) is 18.2 Å². The highest BCUT2D eigenvalue weighted by Gasteiger charge is 2.40. The largest absolute Gasteiger partial charge is 0.480 e. The maximum Gasteiger partial charge on any atom is 0.407 e. The molecule has 9 heteroatoms. The molecule has 0 bridgehead atoms. The quantitative estimate of drug-likeness (QED) is 0.652. The lowest BCUT2D eigenvalue weighted by Gasteiger charge is -2.23. The first kappa shape index (κ1) is 22.7. The molecule has 0 aromatic heterocycles. The molecule has 0 spiro atoms. The Bertz CT molecular complexity index is 1060. The summed E-state index contributed by atoms with van der Waals surface area (Å²) in [4.78, 5) is 37.9. The summed E-state index contributed by atoms with van der Waals surface area (Å²) in [5.74, 6) is -0.791. The molecular formula is C25H26N2O6S. The summed E-state index contributed by atoms with van der Waals surface area (Å²) in [7, 11) is 0. The molecule has 0 radical (unpaired) electrons. The number of hydrogen-bond donors (Lipinski definition) is 2. The molecule has 2 saturated heterocycles. The van der Waals surface area contributed by atoms with Gasteiger partial charge in [0.15, 0.2) is 0 Å². The molecule has 178 valence electrons. The van der Waals surface area contributed by atoms with E-state index < -0.39 is 24.0 Å². The second-order valence-electron chi connectivity index (χ2n) is 8.76. The molecule has 0 saturated carbocycles. The Hall–Kier alpha value is -3.04. The Morgan fingerprint density at radius 1 is 1.09 bits per heavy atom. The molecule has 34 heavy (non-hydrogen) atoms. The van der Waals surface area contributed by atoms with Crippen LogP contribution in [0.2, 0.25) is 0 Å². The number of fused-ring (bicyclic) bond motifs is 3. The predicted octanol–water partition coefficient (Wildman–Crippen LogP) is 2.92. The number of rotatable bonds is 6. The van der Waals surface area contributed by atoms with Crippen LogP contribution in [0.25, 0.3) is 11.1 Å². The first-order valence-corrected chi connectivity index (χ1v) is 12.5. The molecule has 2 amide bonds. The third-order valence-electron chi connectivity index (χ3n) is 6.70. The maximum absolute atomic E-state index is 12.8. The fourth-order valence-corrected chi connectivity index (χ4v) is 6.12. The molecule has 3 atom stereocenters. The third kappa shape index (κ3) is 4.37. The Labute approximate surface area is 201 Å². The van der Waals surface area contributed by atoms with Crippen LogP contribution in [0, 0.1) is 5.92 Å². The lowest BCUT2D eigenvalue weighted by Crippen LogP contribution is -2.44.